The zero-order valence-corrected chi connectivity index (χ0v) is 14.2. The van der Waals surface area contributed by atoms with Gasteiger partial charge in [0, 0.05) is 11.8 Å². The number of hydrogen-bond donors (Lipinski definition) is 0. The van der Waals surface area contributed by atoms with Gasteiger partial charge in [0.25, 0.3) is 0 Å². The summed E-state index contributed by atoms with van der Waals surface area (Å²) in [5, 5.41) is 0. The van der Waals surface area contributed by atoms with E-state index in [4.69, 9.17) is 9.47 Å². The fourth-order valence-electron chi connectivity index (χ4n) is 4.87. The van der Waals surface area contributed by atoms with E-state index in [0.717, 1.165) is 5.75 Å². The van der Waals surface area contributed by atoms with E-state index in [-0.39, 0.29) is 18.2 Å². The second-order valence-corrected chi connectivity index (χ2v) is 6.85. The molecule has 0 saturated carbocycles. The Balaban J connectivity index is 1.56. The maximum absolute atomic E-state index is 12.5. The Labute approximate surface area is 146 Å². The number of rotatable bonds is 2. The molecule has 4 atom stereocenters. The van der Waals surface area contributed by atoms with E-state index in [9.17, 15) is 4.79 Å². The summed E-state index contributed by atoms with van der Waals surface area (Å²) in [6, 6.07) is 16.7. The third-order valence-electron chi connectivity index (χ3n) is 5.89. The minimum Gasteiger partial charge on any atom is -0.497 e. The van der Waals surface area contributed by atoms with E-state index in [2.05, 4.69) is 42.5 Å². The van der Waals surface area contributed by atoms with E-state index in [1.807, 2.05) is 17.0 Å². The molecule has 4 heteroatoms. The van der Waals surface area contributed by atoms with E-state index in [0.29, 0.717) is 11.8 Å². The molecular formula is C21H19NO3. The van der Waals surface area contributed by atoms with Gasteiger partial charge in [0.1, 0.15) is 5.75 Å². The van der Waals surface area contributed by atoms with E-state index in [1.165, 1.54) is 29.4 Å². The zero-order chi connectivity index (χ0) is 17.1. The number of fused-ring (bicyclic) bond motifs is 8. The van der Waals surface area contributed by atoms with E-state index >= 15 is 0 Å². The van der Waals surface area contributed by atoms with Crippen molar-refractivity contribution in [2.45, 2.75) is 12.1 Å². The summed E-state index contributed by atoms with van der Waals surface area (Å²) in [6.45, 7) is 0. The Hall–Kier alpha value is -2.75. The Bertz CT molecular complexity index is 886. The van der Waals surface area contributed by atoms with E-state index < -0.39 is 0 Å². The predicted octanol–water partition coefficient (Wildman–Crippen LogP) is 4.20. The van der Waals surface area contributed by atoms with Gasteiger partial charge >= 0.3 is 6.09 Å². The number of hydrogen-bond acceptors (Lipinski definition) is 3. The molecule has 0 radical (unpaired) electrons. The lowest BCUT2D eigenvalue weighted by Gasteiger charge is -2.38. The molecule has 4 nitrogen and oxygen atoms in total. The third kappa shape index (κ3) is 1.79. The van der Waals surface area contributed by atoms with Crippen molar-refractivity contribution in [1.29, 1.82) is 0 Å². The van der Waals surface area contributed by atoms with Gasteiger partial charge in [0.05, 0.1) is 26.3 Å². The fraction of sp³-hybridized carbons (Fsp3) is 0.286. The number of ether oxygens (including phenoxy) is 2. The molecule has 25 heavy (non-hydrogen) atoms. The van der Waals surface area contributed by atoms with Crippen LogP contribution in [-0.2, 0) is 4.74 Å². The minimum atomic E-state index is -0.233. The van der Waals surface area contributed by atoms with Gasteiger partial charge in [-0.25, -0.2) is 4.79 Å². The number of methoxy groups -OCH3 is 2. The van der Waals surface area contributed by atoms with Crippen LogP contribution in [-0.4, -0.2) is 25.2 Å². The highest BCUT2D eigenvalue weighted by Crippen LogP contribution is 2.67. The lowest BCUT2D eigenvalue weighted by Crippen LogP contribution is -2.29. The Morgan fingerprint density at radius 2 is 1.64 bits per heavy atom. The normalized spacial score (nSPS) is 27.9. The summed E-state index contributed by atoms with van der Waals surface area (Å²) >= 11 is 0. The van der Waals surface area contributed by atoms with Gasteiger partial charge < -0.3 is 9.47 Å². The van der Waals surface area contributed by atoms with Crippen molar-refractivity contribution < 1.29 is 14.3 Å². The molecule has 1 aliphatic carbocycles. The van der Waals surface area contributed by atoms with Gasteiger partial charge in [-0.05, 0) is 34.4 Å². The van der Waals surface area contributed by atoms with E-state index in [1.54, 1.807) is 7.11 Å². The monoisotopic (exact) mass is 333 g/mol. The molecule has 2 aromatic carbocycles. The molecule has 1 saturated heterocycles. The molecule has 126 valence electrons. The molecule has 1 fully saturated rings. The Kier molecular flexibility index (Phi) is 2.99. The van der Waals surface area contributed by atoms with Crippen LogP contribution in [0.4, 0.5) is 4.79 Å². The van der Waals surface area contributed by atoms with Crippen molar-refractivity contribution in [2.75, 3.05) is 14.2 Å². The third-order valence-corrected chi connectivity index (χ3v) is 5.89. The summed E-state index contributed by atoms with van der Waals surface area (Å²) in [7, 11) is 3.14. The second kappa shape index (κ2) is 5.12. The molecule has 0 aromatic heterocycles. The van der Waals surface area contributed by atoms with Crippen molar-refractivity contribution in [1.82, 2.24) is 4.90 Å². The highest BCUT2D eigenvalue weighted by Gasteiger charge is 2.61. The fourth-order valence-corrected chi connectivity index (χ4v) is 4.87. The molecule has 0 spiro atoms. The first-order valence-electron chi connectivity index (χ1n) is 8.56. The topological polar surface area (TPSA) is 38.8 Å². The minimum absolute atomic E-state index is 0.0701. The van der Waals surface area contributed by atoms with Crippen molar-refractivity contribution in [3.63, 3.8) is 0 Å². The molecule has 1 amide bonds. The zero-order valence-electron chi connectivity index (χ0n) is 14.2. The molecule has 4 unspecified atom stereocenters. The van der Waals surface area contributed by atoms with Gasteiger partial charge in [0.2, 0.25) is 0 Å². The van der Waals surface area contributed by atoms with Gasteiger partial charge in [-0.2, -0.15) is 0 Å². The first kappa shape index (κ1) is 14.6. The van der Waals surface area contributed by atoms with Crippen molar-refractivity contribution in [3.05, 3.63) is 71.3 Å². The summed E-state index contributed by atoms with van der Waals surface area (Å²) < 4.78 is 10.3. The Morgan fingerprint density at radius 1 is 0.960 bits per heavy atom. The molecule has 0 N–H and O–H groups in total. The maximum Gasteiger partial charge on any atom is 0.410 e. The van der Waals surface area contributed by atoms with Gasteiger partial charge in [0.15, 0.2) is 0 Å². The number of carbonyl (C=O) groups is 1. The number of amides is 1. The molecular weight excluding hydrogens is 314 g/mol. The number of nitrogens with zero attached hydrogens (tertiary/aromatic N) is 1. The lowest BCUT2D eigenvalue weighted by atomic mass is 9.63. The first-order valence-corrected chi connectivity index (χ1v) is 8.56. The van der Waals surface area contributed by atoms with Crippen molar-refractivity contribution in [2.24, 2.45) is 11.8 Å². The van der Waals surface area contributed by atoms with Crippen LogP contribution >= 0.6 is 0 Å². The average molecular weight is 333 g/mol. The van der Waals surface area contributed by atoms with Gasteiger partial charge in [-0.1, -0.05) is 42.5 Å². The highest BCUT2D eigenvalue weighted by atomic mass is 16.5. The number of benzene rings is 2. The molecule has 2 bridgehead atoms. The quantitative estimate of drug-likeness (QED) is 0.827. The van der Waals surface area contributed by atoms with Crippen molar-refractivity contribution >= 4 is 11.7 Å². The van der Waals surface area contributed by atoms with Crippen LogP contribution < -0.4 is 4.74 Å². The smallest absolute Gasteiger partial charge is 0.410 e. The maximum atomic E-state index is 12.5. The summed E-state index contributed by atoms with van der Waals surface area (Å²) in [4.78, 5) is 14.4. The second-order valence-electron chi connectivity index (χ2n) is 6.85. The average Bonchev–Trinajstić information content (AvgIpc) is 3.08. The standard InChI is InChI=1S/C21H19NO3/c1-24-13-9-7-12(8-10-13)16-11-17-18(16)20-15-6-4-3-5-14(15)19(17)22(20)21(23)25-2/h3-11,17-20H,1-2H3. The molecule has 2 heterocycles. The molecule has 5 rings (SSSR count). The van der Waals surface area contributed by atoms with Crippen molar-refractivity contribution in [3.8, 4) is 5.75 Å². The van der Waals surface area contributed by atoms with Crippen LogP contribution in [0.25, 0.3) is 5.57 Å². The van der Waals surface area contributed by atoms with Gasteiger partial charge in [-0.15, -0.1) is 0 Å². The summed E-state index contributed by atoms with van der Waals surface area (Å²) in [6.07, 6.45) is 2.09. The molecule has 2 aromatic rings. The summed E-state index contributed by atoms with van der Waals surface area (Å²) in [5.41, 5.74) is 5.06. The van der Waals surface area contributed by atoms with Crippen LogP contribution in [0.3, 0.4) is 0 Å². The lowest BCUT2D eigenvalue weighted by molar-refractivity contribution is 0.107. The largest absolute Gasteiger partial charge is 0.497 e. The predicted molar refractivity (Wildman–Crippen MR) is 94.1 cm³/mol. The highest BCUT2D eigenvalue weighted by molar-refractivity contribution is 5.81. The van der Waals surface area contributed by atoms with Crippen LogP contribution in [0.5, 0.6) is 5.75 Å². The Morgan fingerprint density at radius 3 is 2.28 bits per heavy atom. The molecule has 2 aliphatic heterocycles. The van der Waals surface area contributed by atoms with Crippen LogP contribution in [0.1, 0.15) is 28.8 Å². The first-order chi connectivity index (χ1) is 12.2. The van der Waals surface area contributed by atoms with Crippen LogP contribution in [0.15, 0.2) is 54.6 Å². The summed E-state index contributed by atoms with van der Waals surface area (Å²) in [5.74, 6) is 1.57. The van der Waals surface area contributed by atoms with Crippen LogP contribution in [0, 0.1) is 11.8 Å². The van der Waals surface area contributed by atoms with Crippen LogP contribution in [0.2, 0.25) is 0 Å². The SMILES string of the molecule is COC(=O)N1C2c3ccccc3C1C1C(c3ccc(OC)cc3)=CC12. The number of carbonyl (C=O) groups excluding carboxylic acids is 1. The molecule has 3 aliphatic rings. The van der Waals surface area contributed by atoms with Gasteiger partial charge in [-0.3, -0.25) is 4.90 Å².